The summed E-state index contributed by atoms with van der Waals surface area (Å²) >= 11 is 0. The molecule has 0 saturated carbocycles. The number of aromatic carboxylic acids is 1. The molecule has 0 fully saturated rings. The minimum atomic E-state index is -1.31. The van der Waals surface area contributed by atoms with Gasteiger partial charge in [-0.2, -0.15) is 0 Å². The largest absolute Gasteiger partial charge is 0.505 e. The smallest absolute Gasteiger partial charge is 0.339 e. The SMILES string of the molecule is O=C(O)c1cc(-c2cc(O)c(O)cn2)ncc1O.Oc1cnc(-c2cc(O)c(O)cn2)cc1O.[Cu]. The first kappa shape index (κ1) is 26.4. The maximum absolute atomic E-state index is 10.8. The first-order chi connectivity index (χ1) is 16.1. The topological polar surface area (TPSA) is 230 Å². The van der Waals surface area contributed by atoms with Crippen molar-refractivity contribution in [2.75, 3.05) is 0 Å². The zero-order valence-corrected chi connectivity index (χ0v) is 18.1. The van der Waals surface area contributed by atoms with Crippen LogP contribution in [0.25, 0.3) is 22.8 Å². The molecule has 0 spiro atoms. The molecular formula is C21H16CuN4O9. The Morgan fingerprint density at radius 1 is 0.486 bits per heavy atom. The quantitative estimate of drug-likeness (QED) is 0.177. The maximum Gasteiger partial charge on any atom is 0.339 e. The Balaban J connectivity index is 0.000000241. The van der Waals surface area contributed by atoms with E-state index < -0.39 is 23.2 Å². The van der Waals surface area contributed by atoms with Crippen molar-refractivity contribution in [1.29, 1.82) is 0 Å². The van der Waals surface area contributed by atoms with E-state index in [0.717, 1.165) is 36.9 Å². The van der Waals surface area contributed by atoms with Gasteiger partial charge in [0, 0.05) is 35.3 Å². The molecule has 4 heterocycles. The van der Waals surface area contributed by atoms with Crippen molar-refractivity contribution in [3.8, 4) is 63.0 Å². The molecule has 0 aliphatic rings. The normalized spacial score (nSPS) is 9.94. The zero-order valence-electron chi connectivity index (χ0n) is 17.2. The zero-order chi connectivity index (χ0) is 25.0. The summed E-state index contributed by atoms with van der Waals surface area (Å²) in [5, 5.41) is 73.2. The van der Waals surface area contributed by atoms with Crippen molar-refractivity contribution < 1.29 is 62.7 Å². The van der Waals surface area contributed by atoms with Gasteiger partial charge >= 0.3 is 5.97 Å². The number of aromatic nitrogens is 4. The van der Waals surface area contributed by atoms with Gasteiger partial charge in [0.1, 0.15) is 11.3 Å². The molecule has 0 amide bonds. The molecule has 0 saturated heterocycles. The summed E-state index contributed by atoms with van der Waals surface area (Å²) in [6.45, 7) is 0. The van der Waals surface area contributed by atoms with Gasteiger partial charge in [0.05, 0.1) is 47.6 Å². The third-order valence-corrected chi connectivity index (χ3v) is 4.22. The third kappa shape index (κ3) is 6.16. The Morgan fingerprint density at radius 3 is 1.06 bits per heavy atom. The van der Waals surface area contributed by atoms with Crippen molar-refractivity contribution in [2.24, 2.45) is 0 Å². The second kappa shape index (κ2) is 10.9. The molecule has 0 atom stereocenters. The first-order valence-electron chi connectivity index (χ1n) is 9.13. The molecule has 1 radical (unpaired) electrons. The van der Waals surface area contributed by atoms with E-state index in [2.05, 4.69) is 19.9 Å². The van der Waals surface area contributed by atoms with E-state index in [1.54, 1.807) is 0 Å². The molecule has 8 N–H and O–H groups in total. The summed E-state index contributed by atoms with van der Waals surface area (Å²) in [5.74, 6) is -3.91. The second-order valence-electron chi connectivity index (χ2n) is 6.57. The number of pyridine rings is 4. The van der Waals surface area contributed by atoms with Crippen LogP contribution >= 0.6 is 0 Å². The Morgan fingerprint density at radius 2 is 0.771 bits per heavy atom. The summed E-state index contributed by atoms with van der Waals surface area (Å²) < 4.78 is 0. The van der Waals surface area contributed by atoms with Crippen molar-refractivity contribution in [2.45, 2.75) is 0 Å². The number of carboxylic acids is 1. The Hall–Kier alpha value is -4.81. The molecule has 14 heteroatoms. The van der Waals surface area contributed by atoms with Crippen LogP contribution in [0.3, 0.4) is 0 Å². The van der Waals surface area contributed by atoms with Crippen LogP contribution in [0.15, 0.2) is 49.1 Å². The van der Waals surface area contributed by atoms with Crippen molar-refractivity contribution >= 4 is 5.97 Å². The molecule has 4 rings (SSSR count). The summed E-state index contributed by atoms with van der Waals surface area (Å²) in [6, 6.07) is 4.67. The predicted molar refractivity (Wildman–Crippen MR) is 114 cm³/mol. The van der Waals surface area contributed by atoms with E-state index in [1.807, 2.05) is 0 Å². The van der Waals surface area contributed by atoms with Crippen LogP contribution in [0.5, 0.6) is 40.2 Å². The van der Waals surface area contributed by atoms with Gasteiger partial charge in [0.2, 0.25) is 0 Å². The number of carboxylic acid groups (broad SMARTS) is 1. The van der Waals surface area contributed by atoms with Gasteiger partial charge in [0.25, 0.3) is 0 Å². The van der Waals surface area contributed by atoms with Gasteiger partial charge < -0.3 is 40.9 Å². The minimum absolute atomic E-state index is 0. The van der Waals surface area contributed by atoms with Crippen molar-refractivity contribution in [3.63, 3.8) is 0 Å². The molecule has 13 nitrogen and oxygen atoms in total. The molecule has 35 heavy (non-hydrogen) atoms. The van der Waals surface area contributed by atoms with Crippen LogP contribution in [-0.4, -0.2) is 66.8 Å². The van der Waals surface area contributed by atoms with Gasteiger partial charge in [-0.25, -0.2) is 4.79 Å². The molecule has 0 bridgehead atoms. The van der Waals surface area contributed by atoms with Crippen LogP contribution < -0.4 is 0 Å². The fourth-order valence-electron chi connectivity index (χ4n) is 2.49. The molecular weight excluding hydrogens is 516 g/mol. The minimum Gasteiger partial charge on any atom is -0.505 e. The number of carbonyl (C=O) groups is 1. The van der Waals surface area contributed by atoms with Gasteiger partial charge in [0.15, 0.2) is 34.5 Å². The van der Waals surface area contributed by atoms with E-state index in [9.17, 15) is 25.2 Å². The van der Waals surface area contributed by atoms with Gasteiger partial charge in [-0.15, -0.1) is 0 Å². The summed E-state index contributed by atoms with van der Waals surface area (Å²) in [5.41, 5.74) is 0.541. The number of aromatic hydroxyl groups is 7. The molecule has 0 unspecified atom stereocenters. The molecule has 0 aliphatic carbocycles. The van der Waals surface area contributed by atoms with E-state index in [0.29, 0.717) is 0 Å². The molecule has 0 aliphatic heterocycles. The van der Waals surface area contributed by atoms with Crippen LogP contribution in [0.1, 0.15) is 10.4 Å². The average molecular weight is 532 g/mol. The number of nitrogens with zero attached hydrogens (tertiary/aromatic N) is 4. The average Bonchev–Trinajstić information content (AvgIpc) is 2.80. The van der Waals surface area contributed by atoms with E-state index in [4.69, 9.17) is 20.4 Å². The molecule has 0 aromatic carbocycles. The monoisotopic (exact) mass is 531 g/mol. The van der Waals surface area contributed by atoms with E-state index in [1.165, 1.54) is 12.1 Å². The number of rotatable bonds is 3. The summed E-state index contributed by atoms with van der Waals surface area (Å²) in [4.78, 5) is 26.0. The molecule has 185 valence electrons. The fourth-order valence-corrected chi connectivity index (χ4v) is 2.49. The predicted octanol–water partition coefficient (Wildman–Crippen LogP) is 1.92. The fraction of sp³-hybridized carbons (Fsp3) is 0. The number of hydrogen-bond acceptors (Lipinski definition) is 12. The number of hydrogen-bond donors (Lipinski definition) is 8. The van der Waals surface area contributed by atoms with Crippen LogP contribution in [0.2, 0.25) is 0 Å². The van der Waals surface area contributed by atoms with Crippen LogP contribution in [-0.2, 0) is 17.1 Å². The first-order valence-corrected chi connectivity index (χ1v) is 9.13. The van der Waals surface area contributed by atoms with Crippen molar-refractivity contribution in [3.05, 3.63) is 54.6 Å². The van der Waals surface area contributed by atoms with Crippen LogP contribution in [0.4, 0.5) is 0 Å². The molecule has 4 aromatic rings. The second-order valence-corrected chi connectivity index (χ2v) is 6.57. The third-order valence-electron chi connectivity index (χ3n) is 4.22. The summed E-state index contributed by atoms with van der Waals surface area (Å²) in [7, 11) is 0. The molecule has 4 aromatic heterocycles. The van der Waals surface area contributed by atoms with E-state index in [-0.39, 0.29) is 68.4 Å². The summed E-state index contributed by atoms with van der Waals surface area (Å²) in [6.07, 6.45) is 4.12. The van der Waals surface area contributed by atoms with Gasteiger partial charge in [-0.05, 0) is 6.07 Å². The Labute approximate surface area is 206 Å². The standard InChI is InChI=1S/C11H8N2O5.C10H8N2O4.Cu/c14-8-2-7(13-4-10(8)16)6-1-5(11(17)18)9(15)3-12-6;13-7-1-5(11-3-9(7)15)6-2-8(14)10(16)4-12-6;/h1-4,15-16H,(H,13,14)(H,17,18);1-4,15-16H,(H,11,13)(H,12,14);. The van der Waals surface area contributed by atoms with Crippen molar-refractivity contribution in [1.82, 2.24) is 19.9 Å². The Bertz CT molecular complexity index is 1340. The Kier molecular flexibility index (Phi) is 8.21. The van der Waals surface area contributed by atoms with E-state index >= 15 is 0 Å². The maximum atomic E-state index is 10.8. The van der Waals surface area contributed by atoms with Gasteiger partial charge in [-0.1, -0.05) is 0 Å². The van der Waals surface area contributed by atoms with Crippen LogP contribution in [0, 0.1) is 0 Å². The van der Waals surface area contributed by atoms with Gasteiger partial charge in [-0.3, -0.25) is 19.9 Å².